The molecule has 0 aliphatic rings. The van der Waals surface area contributed by atoms with Gasteiger partial charge in [0.15, 0.2) is 5.13 Å². The summed E-state index contributed by atoms with van der Waals surface area (Å²) in [4.78, 5) is 20.4. The fraction of sp³-hybridized carbons (Fsp3) is 0.0625. The molecule has 1 N–H and O–H groups in total. The number of carbonyl (C=O) groups excluding carboxylic acids is 1. The number of thiazole rings is 1. The SMILES string of the molecule is O=C(CSc1nnc(-c2cccnc2)o1)Nc1nc2ccccc2s1. The number of hydrogen-bond donors (Lipinski definition) is 1. The van der Waals surface area contributed by atoms with Crippen LogP contribution in [0.5, 0.6) is 0 Å². The number of rotatable bonds is 5. The third-order valence-corrected chi connectivity index (χ3v) is 4.95. The molecule has 124 valence electrons. The van der Waals surface area contributed by atoms with Gasteiger partial charge in [-0.15, -0.1) is 10.2 Å². The lowest BCUT2D eigenvalue weighted by Gasteiger charge is -1.98. The number of pyridine rings is 1. The van der Waals surface area contributed by atoms with E-state index in [9.17, 15) is 4.79 Å². The molecule has 3 heterocycles. The van der Waals surface area contributed by atoms with E-state index in [1.165, 1.54) is 23.1 Å². The van der Waals surface area contributed by atoms with E-state index in [4.69, 9.17) is 4.42 Å². The molecule has 0 saturated heterocycles. The van der Waals surface area contributed by atoms with Crippen LogP contribution in [0.25, 0.3) is 21.7 Å². The predicted molar refractivity (Wildman–Crippen MR) is 96.5 cm³/mol. The van der Waals surface area contributed by atoms with Gasteiger partial charge in [0.25, 0.3) is 5.22 Å². The van der Waals surface area contributed by atoms with Gasteiger partial charge in [-0.2, -0.15) is 0 Å². The van der Waals surface area contributed by atoms with Crippen LogP contribution in [0.3, 0.4) is 0 Å². The van der Waals surface area contributed by atoms with Crippen LogP contribution < -0.4 is 5.32 Å². The van der Waals surface area contributed by atoms with Crippen LogP contribution >= 0.6 is 23.1 Å². The Morgan fingerprint density at radius 2 is 2.12 bits per heavy atom. The number of carbonyl (C=O) groups is 1. The Hall–Kier alpha value is -2.78. The predicted octanol–water partition coefficient (Wildman–Crippen LogP) is 3.47. The summed E-state index contributed by atoms with van der Waals surface area (Å²) in [5, 5.41) is 11.6. The highest BCUT2D eigenvalue weighted by Gasteiger charge is 2.12. The monoisotopic (exact) mass is 369 g/mol. The summed E-state index contributed by atoms with van der Waals surface area (Å²) in [6, 6.07) is 11.4. The van der Waals surface area contributed by atoms with E-state index < -0.39 is 0 Å². The molecule has 3 aromatic heterocycles. The molecule has 0 saturated carbocycles. The van der Waals surface area contributed by atoms with Gasteiger partial charge >= 0.3 is 0 Å². The third-order valence-electron chi connectivity index (χ3n) is 3.18. The number of benzene rings is 1. The number of fused-ring (bicyclic) bond motifs is 1. The Morgan fingerprint density at radius 3 is 2.96 bits per heavy atom. The van der Waals surface area contributed by atoms with Crippen molar-refractivity contribution in [1.29, 1.82) is 0 Å². The number of hydrogen-bond acceptors (Lipinski definition) is 8. The van der Waals surface area contributed by atoms with Gasteiger partial charge < -0.3 is 9.73 Å². The molecular formula is C16H11N5O2S2. The lowest BCUT2D eigenvalue weighted by molar-refractivity contribution is -0.113. The third kappa shape index (κ3) is 3.67. The van der Waals surface area contributed by atoms with E-state index in [-0.39, 0.29) is 11.7 Å². The number of anilines is 1. The Kier molecular flexibility index (Phi) is 4.40. The Morgan fingerprint density at radius 1 is 1.20 bits per heavy atom. The van der Waals surface area contributed by atoms with E-state index in [0.29, 0.717) is 16.2 Å². The second-order valence-corrected chi connectivity index (χ2v) is 6.90. The molecule has 0 bridgehead atoms. The zero-order valence-corrected chi connectivity index (χ0v) is 14.4. The fourth-order valence-electron chi connectivity index (χ4n) is 2.08. The van der Waals surface area contributed by atoms with Gasteiger partial charge in [-0.25, -0.2) is 4.98 Å². The maximum absolute atomic E-state index is 12.1. The van der Waals surface area contributed by atoms with Gasteiger partial charge in [-0.05, 0) is 24.3 Å². The zero-order valence-electron chi connectivity index (χ0n) is 12.7. The largest absolute Gasteiger partial charge is 0.411 e. The Labute approximate surface area is 150 Å². The molecule has 1 aromatic carbocycles. The van der Waals surface area contributed by atoms with Gasteiger partial charge in [0.2, 0.25) is 11.8 Å². The van der Waals surface area contributed by atoms with Gasteiger partial charge in [-0.3, -0.25) is 9.78 Å². The Bertz CT molecular complexity index is 982. The van der Waals surface area contributed by atoms with Crippen molar-refractivity contribution in [2.24, 2.45) is 0 Å². The number of aromatic nitrogens is 4. The van der Waals surface area contributed by atoms with Crippen molar-refractivity contribution < 1.29 is 9.21 Å². The molecule has 0 spiro atoms. The van der Waals surface area contributed by atoms with Gasteiger partial charge in [0.05, 0.1) is 21.5 Å². The van der Waals surface area contributed by atoms with Gasteiger partial charge in [-0.1, -0.05) is 35.2 Å². The number of amides is 1. The molecule has 4 aromatic rings. The maximum atomic E-state index is 12.1. The van der Waals surface area contributed by atoms with Crippen molar-refractivity contribution in [1.82, 2.24) is 20.2 Å². The van der Waals surface area contributed by atoms with E-state index in [0.717, 1.165) is 15.8 Å². The minimum absolute atomic E-state index is 0.157. The molecule has 9 heteroatoms. The first-order valence-electron chi connectivity index (χ1n) is 7.30. The number of thioether (sulfide) groups is 1. The summed E-state index contributed by atoms with van der Waals surface area (Å²) in [6.45, 7) is 0. The average molecular weight is 369 g/mol. The quantitative estimate of drug-likeness (QED) is 0.538. The van der Waals surface area contributed by atoms with Crippen LogP contribution in [-0.4, -0.2) is 31.8 Å². The average Bonchev–Trinajstić information content (AvgIpc) is 3.27. The molecule has 0 unspecified atom stereocenters. The molecule has 4 rings (SSSR count). The van der Waals surface area contributed by atoms with E-state index in [2.05, 4.69) is 25.5 Å². The smallest absolute Gasteiger partial charge is 0.277 e. The minimum atomic E-state index is -0.176. The van der Waals surface area contributed by atoms with Crippen molar-refractivity contribution in [3.63, 3.8) is 0 Å². The molecule has 1 amide bonds. The highest BCUT2D eigenvalue weighted by atomic mass is 32.2. The van der Waals surface area contributed by atoms with Crippen LogP contribution in [0.15, 0.2) is 58.4 Å². The van der Waals surface area contributed by atoms with Crippen LogP contribution in [0, 0.1) is 0 Å². The van der Waals surface area contributed by atoms with Crippen LogP contribution in [0.1, 0.15) is 0 Å². The summed E-state index contributed by atoms with van der Waals surface area (Å²) < 4.78 is 6.56. The highest BCUT2D eigenvalue weighted by Crippen LogP contribution is 2.26. The van der Waals surface area contributed by atoms with Crippen molar-refractivity contribution in [2.75, 3.05) is 11.1 Å². The van der Waals surface area contributed by atoms with E-state index in [1.807, 2.05) is 30.3 Å². The van der Waals surface area contributed by atoms with Crippen molar-refractivity contribution in [3.05, 3.63) is 48.8 Å². The molecule has 7 nitrogen and oxygen atoms in total. The van der Waals surface area contributed by atoms with Crippen molar-refractivity contribution in [3.8, 4) is 11.5 Å². The summed E-state index contributed by atoms with van der Waals surface area (Å²) in [6.07, 6.45) is 3.31. The molecular weight excluding hydrogens is 358 g/mol. The summed E-state index contributed by atoms with van der Waals surface area (Å²) in [7, 11) is 0. The normalized spacial score (nSPS) is 10.9. The van der Waals surface area contributed by atoms with Crippen LogP contribution in [0.2, 0.25) is 0 Å². The molecule has 0 fully saturated rings. The maximum Gasteiger partial charge on any atom is 0.277 e. The van der Waals surface area contributed by atoms with Crippen LogP contribution in [0.4, 0.5) is 5.13 Å². The first-order chi connectivity index (χ1) is 12.3. The summed E-state index contributed by atoms with van der Waals surface area (Å²) in [5.74, 6) is 0.359. The number of nitrogens with one attached hydrogen (secondary N) is 1. The van der Waals surface area contributed by atoms with Crippen LogP contribution in [-0.2, 0) is 4.79 Å². The molecule has 0 aliphatic heterocycles. The molecule has 0 aliphatic carbocycles. The zero-order chi connectivity index (χ0) is 17.1. The lowest BCUT2D eigenvalue weighted by atomic mass is 10.3. The first kappa shape index (κ1) is 15.7. The topological polar surface area (TPSA) is 93.8 Å². The summed E-state index contributed by atoms with van der Waals surface area (Å²) in [5.41, 5.74) is 1.61. The second kappa shape index (κ2) is 6.99. The number of para-hydroxylation sites is 1. The molecule has 0 atom stereocenters. The summed E-state index contributed by atoms with van der Waals surface area (Å²) >= 11 is 2.61. The van der Waals surface area contributed by atoms with E-state index >= 15 is 0 Å². The fourth-order valence-corrected chi connectivity index (χ4v) is 3.53. The van der Waals surface area contributed by atoms with Crippen molar-refractivity contribution in [2.45, 2.75) is 5.22 Å². The van der Waals surface area contributed by atoms with Crippen molar-refractivity contribution >= 4 is 44.4 Å². The second-order valence-electron chi connectivity index (χ2n) is 4.94. The molecule has 0 radical (unpaired) electrons. The molecule has 25 heavy (non-hydrogen) atoms. The standard InChI is InChI=1S/C16H11N5O2S2/c22-13(19-15-18-11-5-1-2-6-12(11)25-15)9-24-16-21-20-14(23-16)10-4-3-7-17-8-10/h1-8H,9H2,(H,18,19,22). The Balaban J connectivity index is 1.36. The lowest BCUT2D eigenvalue weighted by Crippen LogP contribution is -2.13. The minimum Gasteiger partial charge on any atom is -0.411 e. The van der Waals surface area contributed by atoms with Gasteiger partial charge in [0, 0.05) is 12.4 Å². The van der Waals surface area contributed by atoms with Gasteiger partial charge in [0.1, 0.15) is 0 Å². The number of nitrogens with zero attached hydrogens (tertiary/aromatic N) is 4. The highest BCUT2D eigenvalue weighted by molar-refractivity contribution is 7.99. The van der Waals surface area contributed by atoms with E-state index in [1.54, 1.807) is 18.5 Å². The first-order valence-corrected chi connectivity index (χ1v) is 9.10.